The summed E-state index contributed by atoms with van der Waals surface area (Å²) in [5, 5.41) is 28.5. The SMILES string of the molecule is Br.CNC[C@H](O)[C@H](O)CO. The van der Waals surface area contributed by atoms with E-state index in [-0.39, 0.29) is 17.0 Å². The predicted molar refractivity (Wildman–Crippen MR) is 43.3 cm³/mol. The monoisotopic (exact) mass is 215 g/mol. The molecule has 10 heavy (non-hydrogen) atoms. The van der Waals surface area contributed by atoms with Crippen LogP contribution in [0, 0.1) is 0 Å². The van der Waals surface area contributed by atoms with E-state index in [0.717, 1.165) is 0 Å². The Kier molecular flexibility index (Phi) is 9.62. The molecule has 5 heteroatoms. The van der Waals surface area contributed by atoms with Crippen LogP contribution in [0.5, 0.6) is 0 Å². The summed E-state index contributed by atoms with van der Waals surface area (Å²) in [6.45, 7) is -0.107. The molecular weight excluding hydrogens is 202 g/mol. The molecule has 0 spiro atoms. The van der Waals surface area contributed by atoms with Gasteiger partial charge in [-0.2, -0.15) is 0 Å². The molecule has 0 rings (SSSR count). The van der Waals surface area contributed by atoms with Crippen molar-refractivity contribution in [3.63, 3.8) is 0 Å². The van der Waals surface area contributed by atoms with Gasteiger partial charge in [0.2, 0.25) is 0 Å². The van der Waals surface area contributed by atoms with E-state index < -0.39 is 18.8 Å². The Morgan fingerprint density at radius 2 is 1.80 bits per heavy atom. The molecule has 4 nitrogen and oxygen atoms in total. The second kappa shape index (κ2) is 7.43. The van der Waals surface area contributed by atoms with Crippen LogP contribution in [0.4, 0.5) is 0 Å². The van der Waals surface area contributed by atoms with E-state index in [0.29, 0.717) is 6.54 Å². The van der Waals surface area contributed by atoms with E-state index in [1.165, 1.54) is 0 Å². The summed E-state index contributed by atoms with van der Waals surface area (Å²) in [6, 6.07) is 0. The minimum atomic E-state index is -1.03. The van der Waals surface area contributed by atoms with Gasteiger partial charge in [-0.3, -0.25) is 0 Å². The highest BCUT2D eigenvalue weighted by molar-refractivity contribution is 8.93. The molecule has 0 saturated heterocycles. The van der Waals surface area contributed by atoms with Gasteiger partial charge in [-0.1, -0.05) is 0 Å². The van der Waals surface area contributed by atoms with Crippen LogP contribution < -0.4 is 5.32 Å². The fraction of sp³-hybridized carbons (Fsp3) is 1.00. The molecule has 0 aliphatic carbocycles. The first-order valence-corrected chi connectivity index (χ1v) is 2.84. The number of aliphatic hydroxyl groups is 3. The van der Waals surface area contributed by atoms with Gasteiger partial charge in [0.25, 0.3) is 0 Å². The van der Waals surface area contributed by atoms with Crippen molar-refractivity contribution in [1.82, 2.24) is 5.32 Å². The maximum Gasteiger partial charge on any atom is 0.104 e. The maximum atomic E-state index is 8.85. The van der Waals surface area contributed by atoms with Crippen LogP contribution in [-0.4, -0.2) is 47.7 Å². The van der Waals surface area contributed by atoms with E-state index in [4.69, 9.17) is 15.3 Å². The zero-order valence-corrected chi connectivity index (χ0v) is 7.53. The lowest BCUT2D eigenvalue weighted by Crippen LogP contribution is -2.36. The second-order valence-electron chi connectivity index (χ2n) is 1.87. The van der Waals surface area contributed by atoms with Crippen LogP contribution in [0.1, 0.15) is 0 Å². The first kappa shape index (κ1) is 12.9. The zero-order valence-electron chi connectivity index (χ0n) is 5.82. The summed E-state index contributed by atoms with van der Waals surface area (Å²) in [7, 11) is 1.66. The molecule has 0 radical (unpaired) electrons. The molecule has 0 unspecified atom stereocenters. The van der Waals surface area contributed by atoms with Crippen molar-refractivity contribution >= 4 is 17.0 Å². The molecule has 0 saturated carbocycles. The van der Waals surface area contributed by atoms with Crippen molar-refractivity contribution in [1.29, 1.82) is 0 Å². The Bertz CT molecular complexity index is 73.9. The minimum Gasteiger partial charge on any atom is -0.394 e. The summed E-state index contributed by atoms with van der Waals surface area (Å²) in [6.07, 6.45) is -1.91. The predicted octanol–water partition coefficient (Wildman–Crippen LogP) is -1.50. The van der Waals surface area contributed by atoms with E-state index in [1.807, 2.05) is 0 Å². The Morgan fingerprint density at radius 1 is 1.30 bits per heavy atom. The Hall–Kier alpha value is 0.320. The Labute approximate surface area is 70.6 Å². The highest BCUT2D eigenvalue weighted by Gasteiger charge is 2.12. The number of likely N-dealkylation sites (N-methyl/N-ethyl adjacent to an activating group) is 1. The third-order valence-electron chi connectivity index (χ3n) is 1.04. The van der Waals surface area contributed by atoms with Crippen LogP contribution in [0.2, 0.25) is 0 Å². The molecule has 0 amide bonds. The molecule has 64 valence electrons. The van der Waals surface area contributed by atoms with Crippen molar-refractivity contribution in [2.75, 3.05) is 20.2 Å². The average Bonchev–Trinajstić information content (AvgIpc) is 1.87. The minimum absolute atomic E-state index is 0. The molecule has 0 aromatic heterocycles. The first-order chi connectivity index (χ1) is 4.22. The van der Waals surface area contributed by atoms with Crippen LogP contribution in [0.25, 0.3) is 0 Å². The molecule has 0 fully saturated rings. The van der Waals surface area contributed by atoms with Gasteiger partial charge in [0.05, 0.1) is 12.7 Å². The molecule has 2 atom stereocenters. The largest absolute Gasteiger partial charge is 0.394 e. The van der Waals surface area contributed by atoms with Crippen molar-refractivity contribution in [3.05, 3.63) is 0 Å². The fourth-order valence-electron chi connectivity index (χ4n) is 0.467. The third kappa shape index (κ3) is 5.13. The summed E-state index contributed by atoms with van der Waals surface area (Å²) in [4.78, 5) is 0. The van der Waals surface area contributed by atoms with Crippen molar-refractivity contribution in [2.45, 2.75) is 12.2 Å². The highest BCUT2D eigenvalue weighted by atomic mass is 79.9. The topological polar surface area (TPSA) is 72.7 Å². The number of rotatable bonds is 4. The van der Waals surface area contributed by atoms with Gasteiger partial charge >= 0.3 is 0 Å². The third-order valence-corrected chi connectivity index (χ3v) is 1.04. The zero-order chi connectivity index (χ0) is 7.28. The Morgan fingerprint density at radius 3 is 2.10 bits per heavy atom. The quantitative estimate of drug-likeness (QED) is 0.461. The molecule has 0 aromatic rings. The highest BCUT2D eigenvalue weighted by Crippen LogP contribution is 1.88. The van der Waals surface area contributed by atoms with Crippen molar-refractivity contribution in [2.24, 2.45) is 0 Å². The van der Waals surface area contributed by atoms with Gasteiger partial charge in [0.15, 0.2) is 0 Å². The normalized spacial score (nSPS) is 15.6. The molecule has 0 bridgehead atoms. The van der Waals surface area contributed by atoms with Crippen molar-refractivity contribution < 1.29 is 15.3 Å². The van der Waals surface area contributed by atoms with E-state index in [1.54, 1.807) is 7.05 Å². The molecule has 4 N–H and O–H groups in total. The molecule has 0 aliphatic heterocycles. The van der Waals surface area contributed by atoms with Gasteiger partial charge < -0.3 is 20.6 Å². The number of nitrogens with one attached hydrogen (secondary N) is 1. The van der Waals surface area contributed by atoms with Crippen LogP contribution in [-0.2, 0) is 0 Å². The molecule has 0 aromatic carbocycles. The maximum absolute atomic E-state index is 8.85. The molecule has 0 heterocycles. The second-order valence-corrected chi connectivity index (χ2v) is 1.87. The molecular formula is C5H14BrNO3. The standard InChI is InChI=1S/C5H13NO3.BrH/c1-6-2-4(8)5(9)3-7;/h4-9H,2-3H2,1H3;1H/t4-,5+;/m0./s1. The fourth-order valence-corrected chi connectivity index (χ4v) is 0.467. The molecule has 0 aliphatic rings. The number of hydrogen-bond donors (Lipinski definition) is 4. The number of halogens is 1. The lowest BCUT2D eigenvalue weighted by molar-refractivity contribution is -0.0120. The van der Waals surface area contributed by atoms with Gasteiger partial charge in [-0.05, 0) is 7.05 Å². The van der Waals surface area contributed by atoms with E-state index in [2.05, 4.69) is 5.32 Å². The van der Waals surface area contributed by atoms with Crippen molar-refractivity contribution in [3.8, 4) is 0 Å². The van der Waals surface area contributed by atoms with E-state index in [9.17, 15) is 0 Å². The summed E-state index contributed by atoms with van der Waals surface area (Å²) in [5.41, 5.74) is 0. The van der Waals surface area contributed by atoms with Crippen LogP contribution in [0.3, 0.4) is 0 Å². The summed E-state index contributed by atoms with van der Waals surface area (Å²) >= 11 is 0. The summed E-state index contributed by atoms with van der Waals surface area (Å²) in [5.74, 6) is 0. The van der Waals surface area contributed by atoms with Crippen LogP contribution >= 0.6 is 17.0 Å². The smallest absolute Gasteiger partial charge is 0.104 e. The Balaban J connectivity index is 0. The number of aliphatic hydroxyl groups excluding tert-OH is 3. The lowest BCUT2D eigenvalue weighted by Gasteiger charge is -2.13. The van der Waals surface area contributed by atoms with Crippen LogP contribution in [0.15, 0.2) is 0 Å². The lowest BCUT2D eigenvalue weighted by atomic mass is 10.2. The van der Waals surface area contributed by atoms with Gasteiger partial charge in [-0.25, -0.2) is 0 Å². The average molecular weight is 216 g/mol. The van der Waals surface area contributed by atoms with E-state index >= 15 is 0 Å². The first-order valence-electron chi connectivity index (χ1n) is 2.84. The van der Waals surface area contributed by atoms with Gasteiger partial charge in [-0.15, -0.1) is 17.0 Å². The number of hydrogen-bond acceptors (Lipinski definition) is 4. The van der Waals surface area contributed by atoms with Gasteiger partial charge in [0.1, 0.15) is 6.10 Å². The van der Waals surface area contributed by atoms with Gasteiger partial charge in [0, 0.05) is 6.54 Å². The summed E-state index contributed by atoms with van der Waals surface area (Å²) < 4.78 is 0.